The van der Waals surface area contributed by atoms with E-state index in [9.17, 15) is 13.2 Å². The third kappa shape index (κ3) is 2.84. The Balaban J connectivity index is 2.31. The van der Waals surface area contributed by atoms with Crippen molar-refractivity contribution in [1.82, 2.24) is 9.62 Å². The number of benzene rings is 1. The van der Waals surface area contributed by atoms with E-state index in [1.165, 1.54) is 11.4 Å². The second-order valence-electron chi connectivity index (χ2n) is 4.56. The van der Waals surface area contributed by atoms with Crippen LogP contribution in [0.4, 0.5) is 0 Å². The van der Waals surface area contributed by atoms with Crippen LogP contribution in [-0.4, -0.2) is 44.5 Å². The highest BCUT2D eigenvalue weighted by molar-refractivity contribution is 7.98. The third-order valence-electron chi connectivity index (χ3n) is 3.42. The first-order valence-corrected chi connectivity index (χ1v) is 9.04. The minimum absolute atomic E-state index is 0.242. The van der Waals surface area contributed by atoms with E-state index in [1.54, 1.807) is 36.0 Å². The van der Waals surface area contributed by atoms with Gasteiger partial charge in [0.25, 0.3) is 0 Å². The van der Waals surface area contributed by atoms with Gasteiger partial charge < -0.3 is 5.32 Å². The second-order valence-corrected chi connectivity index (χ2v) is 7.33. The van der Waals surface area contributed by atoms with Crippen molar-refractivity contribution < 1.29 is 13.2 Å². The standard InChI is InChI=1S/C13H18N2O3S2/c1-14-13(16)12-4-3-9-15(12)20(17,18)11-7-5-10(19-2)6-8-11/h5-8,12H,3-4,9H2,1-2H3,(H,14,16)/t12-/m1/s1. The number of sulfonamides is 1. The van der Waals surface area contributed by atoms with E-state index >= 15 is 0 Å². The number of nitrogens with zero attached hydrogens (tertiary/aromatic N) is 1. The molecule has 0 saturated carbocycles. The Hall–Kier alpha value is -1.05. The molecular weight excluding hydrogens is 296 g/mol. The number of hydrogen-bond donors (Lipinski definition) is 1. The Bertz CT molecular complexity index is 584. The van der Waals surface area contributed by atoms with Crippen LogP contribution in [0.1, 0.15) is 12.8 Å². The molecule has 1 saturated heterocycles. The lowest BCUT2D eigenvalue weighted by Gasteiger charge is -2.22. The van der Waals surface area contributed by atoms with E-state index in [0.717, 1.165) is 4.90 Å². The first-order valence-electron chi connectivity index (χ1n) is 6.38. The fourth-order valence-corrected chi connectivity index (χ4v) is 4.40. The van der Waals surface area contributed by atoms with Gasteiger partial charge >= 0.3 is 0 Å². The molecule has 5 nitrogen and oxygen atoms in total. The maximum Gasteiger partial charge on any atom is 0.243 e. The van der Waals surface area contributed by atoms with Crippen molar-refractivity contribution in [2.75, 3.05) is 19.8 Å². The molecule has 0 radical (unpaired) electrons. The molecule has 1 amide bonds. The highest BCUT2D eigenvalue weighted by Gasteiger charge is 2.38. The van der Waals surface area contributed by atoms with Crippen molar-refractivity contribution in [2.24, 2.45) is 0 Å². The molecule has 1 fully saturated rings. The summed E-state index contributed by atoms with van der Waals surface area (Å²) in [5.41, 5.74) is 0. The number of amides is 1. The zero-order valence-electron chi connectivity index (χ0n) is 11.5. The molecule has 1 N–H and O–H groups in total. The van der Waals surface area contributed by atoms with Gasteiger partial charge in [0.1, 0.15) is 6.04 Å². The van der Waals surface area contributed by atoms with Gasteiger partial charge in [-0.3, -0.25) is 4.79 Å². The number of carbonyl (C=O) groups is 1. The molecule has 0 aromatic heterocycles. The van der Waals surface area contributed by atoms with Crippen molar-refractivity contribution in [3.05, 3.63) is 24.3 Å². The van der Waals surface area contributed by atoms with Crippen molar-refractivity contribution in [3.63, 3.8) is 0 Å². The van der Waals surface area contributed by atoms with E-state index in [2.05, 4.69) is 5.32 Å². The van der Waals surface area contributed by atoms with Crippen molar-refractivity contribution in [2.45, 2.75) is 28.7 Å². The fraction of sp³-hybridized carbons (Fsp3) is 0.462. The van der Waals surface area contributed by atoms with Gasteiger partial charge in [0, 0.05) is 18.5 Å². The summed E-state index contributed by atoms with van der Waals surface area (Å²) in [6, 6.07) is 6.16. The summed E-state index contributed by atoms with van der Waals surface area (Å²) < 4.78 is 26.5. The summed E-state index contributed by atoms with van der Waals surface area (Å²) >= 11 is 1.56. The Kier molecular flexibility index (Phi) is 4.72. The van der Waals surface area contributed by atoms with E-state index in [4.69, 9.17) is 0 Å². The number of nitrogens with one attached hydrogen (secondary N) is 1. The average molecular weight is 314 g/mol. The van der Waals surface area contributed by atoms with Gasteiger partial charge in [-0.1, -0.05) is 0 Å². The highest BCUT2D eigenvalue weighted by atomic mass is 32.2. The number of likely N-dealkylation sites (N-methyl/N-ethyl adjacent to an activating group) is 1. The molecule has 0 bridgehead atoms. The summed E-state index contributed by atoms with van der Waals surface area (Å²) in [5.74, 6) is -0.244. The zero-order chi connectivity index (χ0) is 14.8. The monoisotopic (exact) mass is 314 g/mol. The van der Waals surface area contributed by atoms with Crippen LogP contribution in [0.3, 0.4) is 0 Å². The van der Waals surface area contributed by atoms with E-state index in [-0.39, 0.29) is 10.8 Å². The van der Waals surface area contributed by atoms with Gasteiger partial charge in [-0.05, 0) is 43.4 Å². The van der Waals surface area contributed by atoms with Crippen LogP contribution in [0.2, 0.25) is 0 Å². The van der Waals surface area contributed by atoms with Crippen LogP contribution >= 0.6 is 11.8 Å². The molecule has 1 aromatic carbocycles. The van der Waals surface area contributed by atoms with E-state index in [1.807, 2.05) is 6.26 Å². The van der Waals surface area contributed by atoms with Gasteiger partial charge in [-0.2, -0.15) is 4.31 Å². The van der Waals surface area contributed by atoms with Crippen molar-refractivity contribution >= 4 is 27.7 Å². The lowest BCUT2D eigenvalue weighted by molar-refractivity contribution is -0.123. The van der Waals surface area contributed by atoms with Crippen LogP contribution in [0, 0.1) is 0 Å². The van der Waals surface area contributed by atoms with Gasteiger partial charge in [0.15, 0.2) is 0 Å². The summed E-state index contributed by atoms with van der Waals surface area (Å²) in [6.07, 6.45) is 3.22. The predicted molar refractivity (Wildman–Crippen MR) is 79.2 cm³/mol. The molecule has 0 spiro atoms. The normalized spacial score (nSPS) is 20.0. The number of thioether (sulfide) groups is 1. The van der Waals surface area contributed by atoms with E-state index < -0.39 is 16.1 Å². The molecule has 1 atom stereocenters. The van der Waals surface area contributed by atoms with Gasteiger partial charge in [-0.25, -0.2) is 8.42 Å². The Labute approximate surface area is 123 Å². The van der Waals surface area contributed by atoms with Crippen LogP contribution < -0.4 is 5.32 Å². The first kappa shape index (κ1) is 15.3. The van der Waals surface area contributed by atoms with Gasteiger partial charge in [0.05, 0.1) is 4.90 Å². The molecule has 1 aromatic rings. The molecule has 0 unspecified atom stereocenters. The van der Waals surface area contributed by atoms with Gasteiger partial charge in [-0.15, -0.1) is 11.8 Å². The zero-order valence-corrected chi connectivity index (χ0v) is 13.1. The lowest BCUT2D eigenvalue weighted by Crippen LogP contribution is -2.44. The topological polar surface area (TPSA) is 66.5 Å². The molecular formula is C13H18N2O3S2. The minimum Gasteiger partial charge on any atom is -0.358 e. The molecule has 1 heterocycles. The lowest BCUT2D eigenvalue weighted by atomic mass is 10.2. The third-order valence-corrected chi connectivity index (χ3v) is 6.08. The Morgan fingerprint density at radius 3 is 2.55 bits per heavy atom. The Morgan fingerprint density at radius 1 is 1.35 bits per heavy atom. The second kappa shape index (κ2) is 6.15. The fourth-order valence-electron chi connectivity index (χ4n) is 2.34. The Morgan fingerprint density at radius 2 is 2.00 bits per heavy atom. The highest BCUT2D eigenvalue weighted by Crippen LogP contribution is 2.27. The molecule has 20 heavy (non-hydrogen) atoms. The molecule has 110 valence electrons. The summed E-state index contributed by atoms with van der Waals surface area (Å²) in [7, 11) is -2.08. The van der Waals surface area contributed by atoms with Crippen LogP contribution in [-0.2, 0) is 14.8 Å². The van der Waals surface area contributed by atoms with E-state index in [0.29, 0.717) is 19.4 Å². The summed E-state index contributed by atoms with van der Waals surface area (Å²) in [5, 5.41) is 2.53. The SMILES string of the molecule is CNC(=O)[C@H]1CCCN1S(=O)(=O)c1ccc(SC)cc1. The summed E-state index contributed by atoms with van der Waals surface area (Å²) in [6.45, 7) is 0.394. The maximum absolute atomic E-state index is 12.6. The molecule has 7 heteroatoms. The number of rotatable bonds is 4. The smallest absolute Gasteiger partial charge is 0.243 e. The summed E-state index contributed by atoms with van der Waals surface area (Å²) in [4.78, 5) is 13.0. The van der Waals surface area contributed by atoms with Crippen LogP contribution in [0.15, 0.2) is 34.1 Å². The van der Waals surface area contributed by atoms with Crippen molar-refractivity contribution in [3.8, 4) is 0 Å². The quantitative estimate of drug-likeness (QED) is 0.851. The van der Waals surface area contributed by atoms with Crippen molar-refractivity contribution in [1.29, 1.82) is 0 Å². The predicted octanol–water partition coefficient (Wildman–Crippen LogP) is 1.31. The number of hydrogen-bond acceptors (Lipinski definition) is 4. The molecule has 0 aliphatic carbocycles. The average Bonchev–Trinajstić information content (AvgIpc) is 2.96. The molecule has 1 aliphatic heterocycles. The maximum atomic E-state index is 12.6. The largest absolute Gasteiger partial charge is 0.358 e. The van der Waals surface area contributed by atoms with Gasteiger partial charge in [0.2, 0.25) is 15.9 Å². The minimum atomic E-state index is -3.60. The first-order chi connectivity index (χ1) is 9.50. The van der Waals surface area contributed by atoms with Crippen LogP contribution in [0.5, 0.6) is 0 Å². The van der Waals surface area contributed by atoms with Crippen LogP contribution in [0.25, 0.3) is 0 Å². The molecule has 2 rings (SSSR count). The molecule has 1 aliphatic rings. The number of carbonyl (C=O) groups excluding carboxylic acids is 1.